The molecule has 0 rings (SSSR count). The van der Waals surface area contributed by atoms with Crippen LogP contribution in [-0.4, -0.2) is 52.9 Å². The van der Waals surface area contributed by atoms with Crippen molar-refractivity contribution in [1.29, 1.82) is 0 Å². The van der Waals surface area contributed by atoms with Crippen molar-refractivity contribution in [3.05, 3.63) is 0 Å². The maximum absolute atomic E-state index is 11.7. The molecule has 5 nitrogen and oxygen atoms in total. The SMILES string of the molecule is CC[C@H](O)C(N=COC(F)(F)F)[C@H](O)[C@H](C)CO. The first kappa shape index (κ1) is 17.1. The van der Waals surface area contributed by atoms with Gasteiger partial charge in [0.2, 0.25) is 0 Å². The van der Waals surface area contributed by atoms with E-state index >= 15 is 0 Å². The fraction of sp³-hybridized carbons (Fsp3) is 0.900. The summed E-state index contributed by atoms with van der Waals surface area (Å²) in [5.41, 5.74) is 0. The van der Waals surface area contributed by atoms with Crippen LogP contribution in [0.25, 0.3) is 0 Å². The molecule has 1 unspecified atom stereocenters. The number of aliphatic hydroxyl groups excluding tert-OH is 3. The molecule has 108 valence electrons. The molecular formula is C10H18F3NO4. The van der Waals surface area contributed by atoms with Gasteiger partial charge in [0.05, 0.1) is 12.2 Å². The van der Waals surface area contributed by atoms with Crippen LogP contribution >= 0.6 is 0 Å². The Labute approximate surface area is 103 Å². The van der Waals surface area contributed by atoms with Crippen molar-refractivity contribution in [1.82, 2.24) is 0 Å². The molecule has 0 saturated heterocycles. The second kappa shape index (κ2) is 7.55. The largest absolute Gasteiger partial charge is 0.573 e. The van der Waals surface area contributed by atoms with E-state index in [9.17, 15) is 23.4 Å². The zero-order valence-corrected chi connectivity index (χ0v) is 10.1. The van der Waals surface area contributed by atoms with Crippen LogP contribution in [0.4, 0.5) is 13.2 Å². The molecule has 0 spiro atoms. The van der Waals surface area contributed by atoms with Gasteiger partial charge in [0, 0.05) is 12.5 Å². The number of halogens is 3. The number of ether oxygens (including phenoxy) is 1. The molecule has 0 fully saturated rings. The molecule has 0 aromatic carbocycles. The van der Waals surface area contributed by atoms with Crippen LogP contribution in [0, 0.1) is 5.92 Å². The molecule has 0 aromatic rings. The maximum Gasteiger partial charge on any atom is 0.573 e. The first-order chi connectivity index (χ1) is 8.22. The first-order valence-corrected chi connectivity index (χ1v) is 5.46. The predicted molar refractivity (Wildman–Crippen MR) is 58.0 cm³/mol. The lowest BCUT2D eigenvalue weighted by molar-refractivity contribution is -0.280. The Kier molecular flexibility index (Phi) is 7.19. The predicted octanol–water partition coefficient (Wildman–Crippen LogP) is 0.680. The second-order valence-corrected chi connectivity index (χ2v) is 3.93. The van der Waals surface area contributed by atoms with Crippen LogP contribution in [0.2, 0.25) is 0 Å². The van der Waals surface area contributed by atoms with Crippen molar-refractivity contribution in [3.63, 3.8) is 0 Å². The Morgan fingerprint density at radius 2 is 1.89 bits per heavy atom. The van der Waals surface area contributed by atoms with Crippen molar-refractivity contribution in [3.8, 4) is 0 Å². The van der Waals surface area contributed by atoms with E-state index in [0.717, 1.165) is 0 Å². The molecule has 0 aliphatic rings. The standard InChI is InChI=1S/C10H18F3NO4/c1-3-7(16)8(9(17)6(2)4-15)14-5-18-10(11,12)13/h5-9,15-17H,3-4H2,1-2H3/t6-,7+,8?,9-/m1/s1. The average Bonchev–Trinajstić information content (AvgIpc) is 2.30. The van der Waals surface area contributed by atoms with Crippen LogP contribution < -0.4 is 0 Å². The quantitative estimate of drug-likeness (QED) is 0.470. The van der Waals surface area contributed by atoms with Gasteiger partial charge >= 0.3 is 6.36 Å². The van der Waals surface area contributed by atoms with Crippen LogP contribution in [0.3, 0.4) is 0 Å². The highest BCUT2D eigenvalue weighted by Gasteiger charge is 2.32. The zero-order valence-electron chi connectivity index (χ0n) is 10.1. The Bertz CT molecular complexity index is 260. The fourth-order valence-electron chi connectivity index (χ4n) is 1.26. The van der Waals surface area contributed by atoms with Gasteiger partial charge in [-0.3, -0.25) is 0 Å². The molecule has 0 aliphatic heterocycles. The summed E-state index contributed by atoms with van der Waals surface area (Å²) in [7, 11) is 0. The van der Waals surface area contributed by atoms with E-state index in [1.165, 1.54) is 6.92 Å². The average molecular weight is 273 g/mol. The van der Waals surface area contributed by atoms with Crippen molar-refractivity contribution in [2.75, 3.05) is 6.61 Å². The van der Waals surface area contributed by atoms with Gasteiger partial charge in [-0.1, -0.05) is 13.8 Å². The summed E-state index contributed by atoms with van der Waals surface area (Å²) in [6.45, 7) is 2.71. The van der Waals surface area contributed by atoms with E-state index in [2.05, 4.69) is 9.73 Å². The van der Waals surface area contributed by atoms with Crippen LogP contribution in [0.5, 0.6) is 0 Å². The van der Waals surface area contributed by atoms with Gasteiger partial charge in [-0.2, -0.15) is 0 Å². The number of aliphatic imine (C=N–C) groups is 1. The molecule has 0 saturated carbocycles. The molecule has 0 aliphatic carbocycles. The minimum absolute atomic E-state index is 0.150. The number of rotatable bonds is 7. The molecule has 8 heteroatoms. The summed E-state index contributed by atoms with van der Waals surface area (Å²) in [4.78, 5) is 3.37. The number of aliphatic hydroxyl groups is 3. The number of nitrogens with zero attached hydrogens (tertiary/aromatic N) is 1. The molecular weight excluding hydrogens is 255 g/mol. The van der Waals surface area contributed by atoms with E-state index in [4.69, 9.17) is 5.11 Å². The van der Waals surface area contributed by atoms with Crippen molar-refractivity contribution in [2.45, 2.75) is 44.9 Å². The van der Waals surface area contributed by atoms with Crippen molar-refractivity contribution >= 4 is 6.40 Å². The summed E-state index contributed by atoms with van der Waals surface area (Å²) in [5, 5.41) is 28.2. The lowest BCUT2D eigenvalue weighted by Gasteiger charge is -2.26. The molecule has 3 N–H and O–H groups in total. The first-order valence-electron chi connectivity index (χ1n) is 5.46. The third kappa shape index (κ3) is 6.18. The lowest BCUT2D eigenvalue weighted by atomic mass is 9.94. The highest BCUT2D eigenvalue weighted by molar-refractivity contribution is 5.47. The van der Waals surface area contributed by atoms with Crippen LogP contribution in [0.15, 0.2) is 4.99 Å². The molecule has 0 amide bonds. The summed E-state index contributed by atoms with van der Waals surface area (Å²) in [5.74, 6) is -0.626. The second-order valence-electron chi connectivity index (χ2n) is 3.93. The van der Waals surface area contributed by atoms with E-state index in [0.29, 0.717) is 0 Å². The van der Waals surface area contributed by atoms with Crippen molar-refractivity contribution < 1.29 is 33.2 Å². The van der Waals surface area contributed by atoms with Gasteiger partial charge in [-0.15, -0.1) is 13.2 Å². The van der Waals surface area contributed by atoms with E-state index in [1.54, 1.807) is 6.92 Å². The van der Waals surface area contributed by atoms with Crippen molar-refractivity contribution in [2.24, 2.45) is 10.9 Å². The summed E-state index contributed by atoms with van der Waals surface area (Å²) < 4.78 is 38.6. The fourth-order valence-corrected chi connectivity index (χ4v) is 1.26. The number of hydrogen-bond donors (Lipinski definition) is 3. The molecule has 18 heavy (non-hydrogen) atoms. The van der Waals surface area contributed by atoms with Gasteiger partial charge in [0.25, 0.3) is 0 Å². The molecule has 4 atom stereocenters. The van der Waals surface area contributed by atoms with Gasteiger partial charge in [-0.05, 0) is 6.42 Å². The van der Waals surface area contributed by atoms with E-state index in [-0.39, 0.29) is 19.4 Å². The maximum atomic E-state index is 11.7. The minimum Gasteiger partial charge on any atom is -0.396 e. The lowest BCUT2D eigenvalue weighted by Crippen LogP contribution is -2.41. The van der Waals surface area contributed by atoms with Gasteiger partial charge < -0.3 is 20.1 Å². The van der Waals surface area contributed by atoms with Gasteiger partial charge in [0.1, 0.15) is 6.04 Å². The minimum atomic E-state index is -4.86. The highest BCUT2D eigenvalue weighted by Crippen LogP contribution is 2.17. The zero-order chi connectivity index (χ0) is 14.3. The summed E-state index contributed by atoms with van der Waals surface area (Å²) in [6, 6.07) is -1.18. The Hall–Kier alpha value is -0.860. The van der Waals surface area contributed by atoms with E-state index in [1.807, 2.05) is 0 Å². The topological polar surface area (TPSA) is 82.3 Å². The Balaban J connectivity index is 4.69. The third-order valence-corrected chi connectivity index (χ3v) is 2.45. The highest BCUT2D eigenvalue weighted by atomic mass is 19.4. The Morgan fingerprint density at radius 1 is 1.33 bits per heavy atom. The monoisotopic (exact) mass is 273 g/mol. The molecule has 0 heterocycles. The molecule has 0 radical (unpaired) electrons. The van der Waals surface area contributed by atoms with Crippen LogP contribution in [0.1, 0.15) is 20.3 Å². The van der Waals surface area contributed by atoms with Gasteiger partial charge in [-0.25, -0.2) is 4.99 Å². The normalized spacial score (nSPS) is 19.6. The van der Waals surface area contributed by atoms with Crippen LogP contribution in [-0.2, 0) is 4.74 Å². The number of alkyl halides is 3. The smallest absolute Gasteiger partial charge is 0.396 e. The summed E-state index contributed by atoms with van der Waals surface area (Å²) >= 11 is 0. The van der Waals surface area contributed by atoms with Gasteiger partial charge in [0.15, 0.2) is 6.40 Å². The molecule has 0 aromatic heterocycles. The number of hydrogen-bond acceptors (Lipinski definition) is 5. The van der Waals surface area contributed by atoms with E-state index < -0.39 is 30.5 Å². The molecule has 0 bridgehead atoms. The Morgan fingerprint density at radius 3 is 2.28 bits per heavy atom. The third-order valence-electron chi connectivity index (χ3n) is 2.45. The summed E-state index contributed by atoms with van der Waals surface area (Å²) in [6.07, 6.45) is -6.90.